The number of hydrogen-bond acceptors (Lipinski definition) is 3. The Hall–Kier alpha value is -0.320. The van der Waals surface area contributed by atoms with Gasteiger partial charge in [0.25, 0.3) is 0 Å². The maximum Gasteiger partial charge on any atom is 0.223 e. The van der Waals surface area contributed by atoms with Crippen LogP contribution in [-0.4, -0.2) is 49.1 Å². The van der Waals surface area contributed by atoms with Crippen LogP contribution in [0.2, 0.25) is 0 Å². The molecule has 124 valence electrons. The second kappa shape index (κ2) is 8.96. The molecule has 3 atom stereocenters. The highest BCUT2D eigenvalue weighted by Crippen LogP contribution is 2.19. The summed E-state index contributed by atoms with van der Waals surface area (Å²) in [7, 11) is 0. The Kier molecular flexibility index (Phi) is 7.99. The van der Waals surface area contributed by atoms with Gasteiger partial charge in [0.05, 0.1) is 0 Å². The van der Waals surface area contributed by atoms with Gasteiger partial charge in [0, 0.05) is 31.1 Å². The van der Waals surface area contributed by atoms with Crippen LogP contribution in [0.1, 0.15) is 46.5 Å². The minimum atomic E-state index is 0. The first-order valence-electron chi connectivity index (χ1n) is 8.31. The number of piperidine rings is 2. The number of carbonyl (C=O) groups excluding carboxylic acids is 1. The lowest BCUT2D eigenvalue weighted by Gasteiger charge is -2.36. The zero-order valence-electron chi connectivity index (χ0n) is 13.7. The van der Waals surface area contributed by atoms with E-state index in [0.29, 0.717) is 18.0 Å². The number of nitrogens with zero attached hydrogens (tertiary/aromatic N) is 1. The molecule has 5 heteroatoms. The van der Waals surface area contributed by atoms with Crippen molar-refractivity contribution in [2.75, 3.05) is 26.2 Å². The Morgan fingerprint density at radius 1 is 1.38 bits per heavy atom. The maximum atomic E-state index is 12.2. The SMILES string of the molecule is CC(C)N1CCCC(CNC(=O)[C@H]2CCN[C@@H](C)C2)C1.Cl. The second-order valence-corrected chi connectivity index (χ2v) is 6.92. The van der Waals surface area contributed by atoms with Gasteiger partial charge in [-0.15, -0.1) is 12.4 Å². The van der Waals surface area contributed by atoms with Crippen molar-refractivity contribution in [3.8, 4) is 0 Å². The predicted molar refractivity (Wildman–Crippen MR) is 89.9 cm³/mol. The average molecular weight is 318 g/mol. The smallest absolute Gasteiger partial charge is 0.223 e. The molecule has 2 fully saturated rings. The van der Waals surface area contributed by atoms with Crippen molar-refractivity contribution in [3.63, 3.8) is 0 Å². The lowest BCUT2D eigenvalue weighted by Crippen LogP contribution is -2.46. The number of likely N-dealkylation sites (tertiary alicyclic amines) is 1. The third-order valence-corrected chi connectivity index (χ3v) is 4.84. The van der Waals surface area contributed by atoms with E-state index in [1.165, 1.54) is 19.4 Å². The van der Waals surface area contributed by atoms with Crippen molar-refractivity contribution in [2.24, 2.45) is 11.8 Å². The summed E-state index contributed by atoms with van der Waals surface area (Å²) in [5.74, 6) is 1.13. The summed E-state index contributed by atoms with van der Waals surface area (Å²) >= 11 is 0. The molecule has 2 aliphatic heterocycles. The molecule has 4 nitrogen and oxygen atoms in total. The molecule has 0 aliphatic carbocycles. The number of halogens is 1. The zero-order valence-corrected chi connectivity index (χ0v) is 14.5. The quantitative estimate of drug-likeness (QED) is 0.834. The van der Waals surface area contributed by atoms with Gasteiger partial charge in [-0.25, -0.2) is 0 Å². The summed E-state index contributed by atoms with van der Waals surface area (Å²) in [6.07, 6.45) is 4.49. The van der Waals surface area contributed by atoms with E-state index in [1.807, 2.05) is 0 Å². The first-order valence-corrected chi connectivity index (χ1v) is 8.31. The molecule has 21 heavy (non-hydrogen) atoms. The van der Waals surface area contributed by atoms with E-state index < -0.39 is 0 Å². The van der Waals surface area contributed by atoms with Gasteiger partial charge in [0.1, 0.15) is 0 Å². The maximum absolute atomic E-state index is 12.2. The standard InChI is InChI=1S/C16H31N3O.ClH/c1-12(2)19-8-4-5-14(11-19)10-18-16(20)15-6-7-17-13(3)9-15;/h12-15,17H,4-11H2,1-3H3,(H,18,20);1H/t13-,14?,15-;/m0./s1. The van der Waals surface area contributed by atoms with E-state index in [0.717, 1.165) is 32.5 Å². The molecule has 0 saturated carbocycles. The van der Waals surface area contributed by atoms with Gasteiger partial charge >= 0.3 is 0 Å². The van der Waals surface area contributed by atoms with Gasteiger partial charge in [-0.2, -0.15) is 0 Å². The van der Waals surface area contributed by atoms with Crippen LogP contribution in [-0.2, 0) is 4.79 Å². The topological polar surface area (TPSA) is 44.4 Å². The molecular weight excluding hydrogens is 286 g/mol. The van der Waals surface area contributed by atoms with Gasteiger partial charge in [-0.3, -0.25) is 4.79 Å². The van der Waals surface area contributed by atoms with Gasteiger partial charge in [0.15, 0.2) is 0 Å². The molecule has 2 rings (SSSR count). The normalized spacial score (nSPS) is 30.8. The summed E-state index contributed by atoms with van der Waals surface area (Å²) < 4.78 is 0. The predicted octanol–water partition coefficient (Wildman–Crippen LogP) is 2.03. The van der Waals surface area contributed by atoms with Crippen molar-refractivity contribution in [3.05, 3.63) is 0 Å². The van der Waals surface area contributed by atoms with Crippen LogP contribution in [0.5, 0.6) is 0 Å². The van der Waals surface area contributed by atoms with E-state index in [9.17, 15) is 4.79 Å². The molecule has 2 N–H and O–H groups in total. The molecule has 0 aromatic carbocycles. The van der Waals surface area contributed by atoms with E-state index in [1.54, 1.807) is 0 Å². The monoisotopic (exact) mass is 317 g/mol. The Balaban J connectivity index is 0.00000220. The van der Waals surface area contributed by atoms with Crippen LogP contribution < -0.4 is 10.6 Å². The van der Waals surface area contributed by atoms with Gasteiger partial charge in [0.2, 0.25) is 5.91 Å². The summed E-state index contributed by atoms with van der Waals surface area (Å²) in [6.45, 7) is 10.9. The number of amides is 1. The van der Waals surface area contributed by atoms with E-state index >= 15 is 0 Å². The van der Waals surface area contributed by atoms with Crippen LogP contribution >= 0.6 is 12.4 Å². The third-order valence-electron chi connectivity index (χ3n) is 4.84. The molecule has 0 spiro atoms. The fourth-order valence-corrected chi connectivity index (χ4v) is 3.49. The third kappa shape index (κ3) is 5.76. The Morgan fingerprint density at radius 2 is 2.14 bits per heavy atom. The molecule has 0 aromatic rings. The number of carbonyl (C=O) groups is 1. The van der Waals surface area contributed by atoms with Crippen molar-refractivity contribution in [1.82, 2.24) is 15.5 Å². The fraction of sp³-hybridized carbons (Fsp3) is 0.938. The van der Waals surface area contributed by atoms with Gasteiger partial charge in [-0.05, 0) is 65.5 Å². The number of hydrogen-bond donors (Lipinski definition) is 2. The zero-order chi connectivity index (χ0) is 14.5. The summed E-state index contributed by atoms with van der Waals surface area (Å²) in [5, 5.41) is 6.61. The van der Waals surface area contributed by atoms with Crippen LogP contribution in [0.4, 0.5) is 0 Å². The van der Waals surface area contributed by atoms with Gasteiger partial charge < -0.3 is 15.5 Å². The van der Waals surface area contributed by atoms with E-state index in [4.69, 9.17) is 0 Å². The summed E-state index contributed by atoms with van der Waals surface area (Å²) in [4.78, 5) is 14.8. The Labute approximate surface area is 135 Å². The molecular formula is C16H32ClN3O. The van der Waals surface area contributed by atoms with E-state index in [-0.39, 0.29) is 24.2 Å². The number of nitrogens with one attached hydrogen (secondary N) is 2. The fourth-order valence-electron chi connectivity index (χ4n) is 3.49. The largest absolute Gasteiger partial charge is 0.356 e. The van der Waals surface area contributed by atoms with Crippen LogP contribution in [0.15, 0.2) is 0 Å². The average Bonchev–Trinajstić information content (AvgIpc) is 2.45. The van der Waals surface area contributed by atoms with Crippen molar-refractivity contribution in [1.29, 1.82) is 0 Å². The number of rotatable bonds is 4. The molecule has 2 saturated heterocycles. The first kappa shape index (κ1) is 18.7. The molecule has 0 bridgehead atoms. The van der Waals surface area contributed by atoms with Crippen LogP contribution in [0.3, 0.4) is 0 Å². The first-order chi connectivity index (χ1) is 9.56. The summed E-state index contributed by atoms with van der Waals surface area (Å²) in [6, 6.07) is 1.10. The van der Waals surface area contributed by atoms with Crippen LogP contribution in [0, 0.1) is 11.8 Å². The van der Waals surface area contributed by atoms with Crippen LogP contribution in [0.25, 0.3) is 0 Å². The highest BCUT2D eigenvalue weighted by Gasteiger charge is 2.26. The molecule has 0 aromatic heterocycles. The Morgan fingerprint density at radius 3 is 2.81 bits per heavy atom. The lowest BCUT2D eigenvalue weighted by atomic mass is 9.92. The molecule has 0 radical (unpaired) electrons. The van der Waals surface area contributed by atoms with Crippen molar-refractivity contribution < 1.29 is 4.79 Å². The molecule has 1 unspecified atom stereocenters. The molecule has 1 amide bonds. The van der Waals surface area contributed by atoms with Gasteiger partial charge in [-0.1, -0.05) is 0 Å². The molecule has 2 aliphatic rings. The highest BCUT2D eigenvalue weighted by molar-refractivity contribution is 5.85. The van der Waals surface area contributed by atoms with E-state index in [2.05, 4.69) is 36.3 Å². The van der Waals surface area contributed by atoms with Crippen molar-refractivity contribution in [2.45, 2.75) is 58.5 Å². The highest BCUT2D eigenvalue weighted by atomic mass is 35.5. The minimum absolute atomic E-state index is 0. The molecule has 2 heterocycles. The second-order valence-electron chi connectivity index (χ2n) is 6.92. The summed E-state index contributed by atoms with van der Waals surface area (Å²) in [5.41, 5.74) is 0. The van der Waals surface area contributed by atoms with Crippen molar-refractivity contribution >= 4 is 18.3 Å². The lowest BCUT2D eigenvalue weighted by molar-refractivity contribution is -0.126. The Bertz CT molecular complexity index is 325. The minimum Gasteiger partial charge on any atom is -0.356 e.